The average molecular weight is 378 g/mol. The molecule has 120 valence electrons. The summed E-state index contributed by atoms with van der Waals surface area (Å²) in [6.45, 7) is 3.55. The van der Waals surface area contributed by atoms with Crippen LogP contribution in [-0.4, -0.2) is 22.9 Å². The molecular weight excluding hydrogens is 362 g/mol. The number of hydrogen-bond donors (Lipinski definition) is 2. The van der Waals surface area contributed by atoms with Crippen molar-refractivity contribution in [1.29, 1.82) is 0 Å². The van der Waals surface area contributed by atoms with Gasteiger partial charge in [-0.15, -0.1) is 0 Å². The van der Waals surface area contributed by atoms with E-state index in [0.29, 0.717) is 5.75 Å². The zero-order valence-electron chi connectivity index (χ0n) is 12.7. The minimum absolute atomic E-state index is 0.211. The van der Waals surface area contributed by atoms with Crippen LogP contribution in [0.25, 0.3) is 0 Å². The predicted molar refractivity (Wildman–Crippen MR) is 88.8 cm³/mol. The number of nitrogens with zero attached hydrogens (tertiary/aromatic N) is 1. The van der Waals surface area contributed by atoms with E-state index < -0.39 is 17.9 Å². The number of nitrogens with one attached hydrogen (secondary N) is 2. The molecule has 0 aliphatic heterocycles. The molecular formula is C16H16BrN3O3. The van der Waals surface area contributed by atoms with Gasteiger partial charge in [0.2, 0.25) is 0 Å². The van der Waals surface area contributed by atoms with Gasteiger partial charge in [0, 0.05) is 6.20 Å². The van der Waals surface area contributed by atoms with E-state index in [1.165, 1.54) is 6.20 Å². The predicted octanol–water partition coefficient (Wildman–Crippen LogP) is 2.38. The molecule has 2 aromatic rings. The molecule has 6 nitrogen and oxygen atoms in total. The molecule has 2 N–H and O–H groups in total. The van der Waals surface area contributed by atoms with Gasteiger partial charge in [0.15, 0.2) is 6.10 Å². The van der Waals surface area contributed by atoms with Crippen molar-refractivity contribution in [2.45, 2.75) is 20.0 Å². The first-order valence-electron chi connectivity index (χ1n) is 6.91. The average Bonchev–Trinajstić information content (AvgIpc) is 2.55. The lowest BCUT2D eigenvalue weighted by Crippen LogP contribution is -2.47. The number of pyridine rings is 1. The molecule has 1 unspecified atom stereocenters. The Morgan fingerprint density at radius 1 is 1.22 bits per heavy atom. The molecule has 7 heteroatoms. The van der Waals surface area contributed by atoms with Gasteiger partial charge in [-0.05, 0) is 59.6 Å². The lowest BCUT2D eigenvalue weighted by molar-refractivity contribution is -0.128. The second-order valence-electron chi connectivity index (χ2n) is 4.85. The minimum atomic E-state index is -0.780. The summed E-state index contributed by atoms with van der Waals surface area (Å²) in [7, 11) is 0. The van der Waals surface area contributed by atoms with Gasteiger partial charge in [0.1, 0.15) is 11.4 Å². The molecule has 2 amide bonds. The van der Waals surface area contributed by atoms with E-state index in [2.05, 4.69) is 31.8 Å². The smallest absolute Gasteiger partial charge is 0.288 e. The van der Waals surface area contributed by atoms with E-state index in [9.17, 15) is 9.59 Å². The minimum Gasteiger partial charge on any atom is -0.480 e. The fraction of sp³-hybridized carbons (Fsp3) is 0.188. The van der Waals surface area contributed by atoms with E-state index in [-0.39, 0.29) is 5.69 Å². The lowest BCUT2D eigenvalue weighted by Gasteiger charge is -2.16. The fourth-order valence-corrected chi connectivity index (χ4v) is 2.31. The van der Waals surface area contributed by atoms with Crippen LogP contribution in [0.5, 0.6) is 5.75 Å². The molecule has 1 atom stereocenters. The van der Waals surface area contributed by atoms with Gasteiger partial charge in [-0.1, -0.05) is 12.1 Å². The molecule has 0 aliphatic carbocycles. The molecule has 23 heavy (non-hydrogen) atoms. The summed E-state index contributed by atoms with van der Waals surface area (Å²) in [6.07, 6.45) is 0.718. The van der Waals surface area contributed by atoms with E-state index in [1.807, 2.05) is 19.1 Å². The first-order valence-corrected chi connectivity index (χ1v) is 7.70. The molecule has 0 bridgehead atoms. The van der Waals surface area contributed by atoms with Crippen molar-refractivity contribution in [3.05, 3.63) is 58.3 Å². The van der Waals surface area contributed by atoms with Gasteiger partial charge >= 0.3 is 0 Å². The summed E-state index contributed by atoms with van der Waals surface area (Å²) in [5.41, 5.74) is 5.89. The van der Waals surface area contributed by atoms with Crippen LogP contribution in [0, 0.1) is 6.92 Å². The number of carbonyl (C=O) groups excluding carboxylic acids is 2. The maximum atomic E-state index is 12.0. The zero-order valence-corrected chi connectivity index (χ0v) is 14.3. The van der Waals surface area contributed by atoms with Crippen LogP contribution >= 0.6 is 15.9 Å². The molecule has 1 heterocycles. The molecule has 0 radical (unpaired) electrons. The van der Waals surface area contributed by atoms with Gasteiger partial charge in [0.25, 0.3) is 11.8 Å². The fourth-order valence-electron chi connectivity index (χ4n) is 1.73. The Morgan fingerprint density at radius 2 is 2.00 bits per heavy atom. The molecule has 0 fully saturated rings. The van der Waals surface area contributed by atoms with Crippen molar-refractivity contribution in [3.63, 3.8) is 0 Å². The summed E-state index contributed by atoms with van der Waals surface area (Å²) < 4.78 is 6.33. The van der Waals surface area contributed by atoms with Crippen LogP contribution in [-0.2, 0) is 4.79 Å². The molecule has 0 spiro atoms. The Labute approximate surface area is 142 Å². The number of hydrazine groups is 1. The Morgan fingerprint density at radius 3 is 2.65 bits per heavy atom. The number of aryl methyl sites for hydroxylation is 1. The van der Waals surface area contributed by atoms with Crippen LogP contribution in [0.3, 0.4) is 0 Å². The number of ether oxygens (including phenoxy) is 1. The lowest BCUT2D eigenvalue weighted by atomic mass is 10.2. The highest BCUT2D eigenvalue weighted by Gasteiger charge is 2.17. The second-order valence-corrected chi connectivity index (χ2v) is 5.71. The quantitative estimate of drug-likeness (QED) is 0.801. The van der Waals surface area contributed by atoms with Gasteiger partial charge in [-0.2, -0.15) is 0 Å². The van der Waals surface area contributed by atoms with Gasteiger partial charge in [-0.3, -0.25) is 25.4 Å². The van der Waals surface area contributed by atoms with Crippen LogP contribution < -0.4 is 15.6 Å². The maximum Gasteiger partial charge on any atom is 0.288 e. The van der Waals surface area contributed by atoms with E-state index in [1.54, 1.807) is 31.2 Å². The van der Waals surface area contributed by atoms with E-state index >= 15 is 0 Å². The third-order valence-corrected chi connectivity index (χ3v) is 3.58. The highest BCUT2D eigenvalue weighted by atomic mass is 79.9. The Kier molecular flexibility index (Phi) is 5.70. The summed E-state index contributed by atoms with van der Waals surface area (Å²) in [5, 5.41) is 0. The van der Waals surface area contributed by atoms with Crippen molar-refractivity contribution < 1.29 is 14.3 Å². The molecule has 2 rings (SSSR count). The van der Waals surface area contributed by atoms with E-state index in [4.69, 9.17) is 4.74 Å². The van der Waals surface area contributed by atoms with Crippen LogP contribution in [0.2, 0.25) is 0 Å². The van der Waals surface area contributed by atoms with Crippen molar-refractivity contribution in [2.24, 2.45) is 0 Å². The molecule has 0 saturated heterocycles. The Bertz CT molecular complexity index is 707. The highest BCUT2D eigenvalue weighted by Crippen LogP contribution is 2.26. The second kappa shape index (κ2) is 7.73. The molecule has 0 saturated carbocycles. The Hall–Kier alpha value is -2.41. The summed E-state index contributed by atoms with van der Waals surface area (Å²) in [4.78, 5) is 27.6. The van der Waals surface area contributed by atoms with Gasteiger partial charge in [-0.25, -0.2) is 0 Å². The van der Waals surface area contributed by atoms with Crippen molar-refractivity contribution in [3.8, 4) is 5.75 Å². The summed E-state index contributed by atoms with van der Waals surface area (Å²) in [6, 6.07) is 10.5. The summed E-state index contributed by atoms with van der Waals surface area (Å²) >= 11 is 3.38. The van der Waals surface area contributed by atoms with E-state index in [0.717, 1.165) is 10.0 Å². The standard InChI is InChI=1S/C16H16BrN3O3/c1-10-6-7-14(12(17)9-10)23-11(2)15(21)19-20-16(22)13-5-3-4-8-18-13/h3-9,11H,1-2H3,(H,19,21)(H,20,22). The number of carbonyl (C=O) groups is 2. The number of halogens is 1. The molecule has 0 aliphatic rings. The Balaban J connectivity index is 1.89. The largest absolute Gasteiger partial charge is 0.480 e. The monoisotopic (exact) mass is 377 g/mol. The number of aromatic nitrogens is 1. The first kappa shape index (κ1) is 17.0. The first-order chi connectivity index (χ1) is 11.0. The SMILES string of the molecule is Cc1ccc(OC(C)C(=O)NNC(=O)c2ccccn2)c(Br)c1. The zero-order chi connectivity index (χ0) is 16.8. The van der Waals surface area contributed by atoms with Crippen LogP contribution in [0.15, 0.2) is 47.1 Å². The topological polar surface area (TPSA) is 80.3 Å². The maximum absolute atomic E-state index is 12.0. The van der Waals surface area contributed by atoms with Gasteiger partial charge < -0.3 is 4.74 Å². The van der Waals surface area contributed by atoms with Gasteiger partial charge in [0.05, 0.1) is 4.47 Å². The highest BCUT2D eigenvalue weighted by molar-refractivity contribution is 9.10. The number of hydrogen-bond acceptors (Lipinski definition) is 4. The summed E-state index contributed by atoms with van der Waals surface area (Å²) in [5.74, 6) is -0.418. The number of benzene rings is 1. The number of rotatable bonds is 4. The van der Waals surface area contributed by atoms with Crippen molar-refractivity contribution >= 4 is 27.7 Å². The number of amides is 2. The third-order valence-electron chi connectivity index (χ3n) is 2.96. The van der Waals surface area contributed by atoms with Crippen LogP contribution in [0.1, 0.15) is 23.0 Å². The molecule has 1 aromatic heterocycles. The van der Waals surface area contributed by atoms with Crippen molar-refractivity contribution in [1.82, 2.24) is 15.8 Å². The van der Waals surface area contributed by atoms with Crippen LogP contribution in [0.4, 0.5) is 0 Å². The van der Waals surface area contributed by atoms with Crippen molar-refractivity contribution in [2.75, 3.05) is 0 Å². The molecule has 1 aromatic carbocycles. The third kappa shape index (κ3) is 4.79. The normalized spacial score (nSPS) is 11.4.